The third kappa shape index (κ3) is 2.48. The molecule has 0 amide bonds. The van der Waals surface area contributed by atoms with Crippen LogP contribution in [-0.2, 0) is 14.1 Å². The van der Waals surface area contributed by atoms with E-state index in [1.54, 1.807) is 20.3 Å². The van der Waals surface area contributed by atoms with Gasteiger partial charge in [-0.1, -0.05) is 0 Å². The van der Waals surface area contributed by atoms with Crippen LogP contribution in [0.2, 0.25) is 0 Å². The molecule has 1 aliphatic carbocycles. The summed E-state index contributed by atoms with van der Waals surface area (Å²) in [5, 5.41) is 0.843. The fourth-order valence-electron chi connectivity index (χ4n) is 1.76. The van der Waals surface area contributed by atoms with E-state index in [0.29, 0.717) is 12.2 Å². The molecule has 4 heteroatoms. The second kappa shape index (κ2) is 4.31. The van der Waals surface area contributed by atoms with Crippen molar-refractivity contribution in [3.63, 3.8) is 0 Å². The van der Waals surface area contributed by atoms with Crippen LogP contribution in [0.15, 0.2) is 10.9 Å². The number of ether oxygens (including phenoxy) is 1. The summed E-state index contributed by atoms with van der Waals surface area (Å²) in [6.07, 6.45) is 2.44. The van der Waals surface area contributed by atoms with Gasteiger partial charge in [0.15, 0.2) is 0 Å². The van der Waals surface area contributed by atoms with Crippen LogP contribution in [0, 0.1) is 0 Å². The highest BCUT2D eigenvalue weighted by atomic mass is 31.2. The number of allylic oxidation sites excluding steroid dienone is 1. The highest BCUT2D eigenvalue weighted by molar-refractivity contribution is 7.66. The molecule has 3 nitrogen and oxygen atoms in total. The minimum absolute atomic E-state index is 0.274. The number of hydrogen-bond donors (Lipinski definition) is 0. The summed E-state index contributed by atoms with van der Waals surface area (Å²) in [7, 11) is -2.27. The molecule has 0 aromatic rings. The SMILES string of the molecule is CCOC(=O)C1=C(P(C)(C)=O)CCC1. The van der Waals surface area contributed by atoms with E-state index in [4.69, 9.17) is 4.74 Å². The maximum absolute atomic E-state index is 11.9. The molecule has 0 aromatic heterocycles. The second-order valence-electron chi connectivity index (χ2n) is 3.85. The maximum atomic E-state index is 11.9. The molecule has 0 aromatic carbocycles. The van der Waals surface area contributed by atoms with Gasteiger partial charge >= 0.3 is 5.97 Å². The average molecular weight is 216 g/mol. The van der Waals surface area contributed by atoms with Crippen LogP contribution >= 0.6 is 7.14 Å². The molecule has 0 unspecified atom stereocenters. The zero-order chi connectivity index (χ0) is 10.8. The first-order chi connectivity index (χ1) is 6.46. The van der Waals surface area contributed by atoms with Crippen molar-refractivity contribution in [2.24, 2.45) is 0 Å². The van der Waals surface area contributed by atoms with Gasteiger partial charge in [-0.25, -0.2) is 4.79 Å². The van der Waals surface area contributed by atoms with Crippen LogP contribution < -0.4 is 0 Å². The number of carbonyl (C=O) groups is 1. The minimum atomic E-state index is -2.27. The Kier molecular flexibility index (Phi) is 3.54. The fraction of sp³-hybridized carbons (Fsp3) is 0.700. The van der Waals surface area contributed by atoms with Crippen molar-refractivity contribution in [3.8, 4) is 0 Å². The number of rotatable bonds is 3. The van der Waals surface area contributed by atoms with Gasteiger partial charge in [-0.3, -0.25) is 0 Å². The van der Waals surface area contributed by atoms with Crippen molar-refractivity contribution in [2.75, 3.05) is 19.9 Å². The molecule has 0 heterocycles. The molecule has 80 valence electrons. The van der Waals surface area contributed by atoms with E-state index in [1.807, 2.05) is 0 Å². The number of hydrogen-bond acceptors (Lipinski definition) is 3. The molecule has 14 heavy (non-hydrogen) atoms. The van der Waals surface area contributed by atoms with Gasteiger partial charge in [-0.05, 0) is 44.8 Å². The topological polar surface area (TPSA) is 43.4 Å². The summed E-state index contributed by atoms with van der Waals surface area (Å²) < 4.78 is 16.8. The van der Waals surface area contributed by atoms with Gasteiger partial charge in [0.1, 0.15) is 7.14 Å². The predicted molar refractivity (Wildman–Crippen MR) is 57.0 cm³/mol. The van der Waals surface area contributed by atoms with Gasteiger partial charge in [0, 0.05) is 5.57 Å². The Morgan fingerprint density at radius 1 is 1.43 bits per heavy atom. The largest absolute Gasteiger partial charge is 0.463 e. The summed E-state index contributed by atoms with van der Waals surface area (Å²) in [6, 6.07) is 0. The standard InChI is InChI=1S/C10H17O3P/c1-4-13-10(11)8-6-5-7-9(8)14(2,3)12/h4-7H2,1-3H3. The Labute approximate surface area is 84.9 Å². The molecular formula is C10H17O3P. The van der Waals surface area contributed by atoms with E-state index < -0.39 is 7.14 Å². The zero-order valence-corrected chi connectivity index (χ0v) is 9.89. The van der Waals surface area contributed by atoms with Gasteiger partial charge < -0.3 is 9.30 Å². The van der Waals surface area contributed by atoms with Gasteiger partial charge in [0.2, 0.25) is 0 Å². The van der Waals surface area contributed by atoms with Gasteiger partial charge in [0.05, 0.1) is 6.61 Å². The Bertz CT molecular complexity index is 311. The summed E-state index contributed by atoms with van der Waals surface area (Å²) >= 11 is 0. The van der Waals surface area contributed by atoms with Crippen molar-refractivity contribution in [1.29, 1.82) is 0 Å². The van der Waals surface area contributed by atoms with Gasteiger partial charge in [-0.2, -0.15) is 0 Å². The van der Waals surface area contributed by atoms with E-state index in [0.717, 1.165) is 24.6 Å². The van der Waals surface area contributed by atoms with Crippen LogP contribution in [0.1, 0.15) is 26.2 Å². The molecule has 0 spiro atoms. The average Bonchev–Trinajstić information content (AvgIpc) is 2.50. The summed E-state index contributed by atoms with van der Waals surface area (Å²) in [5.74, 6) is -0.274. The molecule has 0 atom stereocenters. The fourth-order valence-corrected chi connectivity index (χ4v) is 3.31. The molecule has 0 saturated heterocycles. The van der Waals surface area contributed by atoms with E-state index >= 15 is 0 Å². The normalized spacial score (nSPS) is 17.4. The monoisotopic (exact) mass is 216 g/mol. The Balaban J connectivity index is 2.94. The summed E-state index contributed by atoms with van der Waals surface area (Å²) in [6.45, 7) is 5.59. The minimum Gasteiger partial charge on any atom is -0.463 e. The first-order valence-corrected chi connectivity index (χ1v) is 7.51. The highest BCUT2D eigenvalue weighted by Crippen LogP contribution is 2.53. The zero-order valence-electron chi connectivity index (χ0n) is 9.00. The van der Waals surface area contributed by atoms with E-state index in [9.17, 15) is 9.36 Å². The van der Waals surface area contributed by atoms with Crippen molar-refractivity contribution in [3.05, 3.63) is 10.9 Å². The molecule has 0 bridgehead atoms. The van der Waals surface area contributed by atoms with Crippen molar-refractivity contribution in [1.82, 2.24) is 0 Å². The van der Waals surface area contributed by atoms with Crippen LogP contribution in [0.4, 0.5) is 0 Å². The van der Waals surface area contributed by atoms with Crippen LogP contribution in [0.25, 0.3) is 0 Å². The first kappa shape index (κ1) is 11.5. The Morgan fingerprint density at radius 2 is 2.07 bits per heavy atom. The quantitative estimate of drug-likeness (QED) is 0.538. The van der Waals surface area contributed by atoms with Crippen LogP contribution in [-0.4, -0.2) is 25.9 Å². The van der Waals surface area contributed by atoms with Crippen LogP contribution in [0.5, 0.6) is 0 Å². The first-order valence-electron chi connectivity index (χ1n) is 4.91. The Hall–Kier alpha value is -0.560. The number of carbonyl (C=O) groups excluding carboxylic acids is 1. The summed E-state index contributed by atoms with van der Waals surface area (Å²) in [5.41, 5.74) is 0.667. The molecule has 1 rings (SSSR count). The molecule has 0 aliphatic heterocycles. The Morgan fingerprint density at radius 3 is 2.57 bits per heavy atom. The van der Waals surface area contributed by atoms with Gasteiger partial charge in [0.25, 0.3) is 0 Å². The third-order valence-corrected chi connectivity index (χ3v) is 4.15. The second-order valence-corrected chi connectivity index (χ2v) is 7.09. The number of esters is 1. The molecule has 0 radical (unpaired) electrons. The van der Waals surface area contributed by atoms with Crippen molar-refractivity contribution >= 4 is 13.1 Å². The summed E-state index contributed by atoms with van der Waals surface area (Å²) in [4.78, 5) is 11.5. The lowest BCUT2D eigenvalue weighted by Gasteiger charge is -2.10. The lowest BCUT2D eigenvalue weighted by Crippen LogP contribution is -2.07. The smallest absolute Gasteiger partial charge is 0.334 e. The highest BCUT2D eigenvalue weighted by Gasteiger charge is 2.28. The molecular weight excluding hydrogens is 199 g/mol. The third-order valence-electron chi connectivity index (χ3n) is 2.36. The van der Waals surface area contributed by atoms with E-state index in [1.165, 1.54) is 0 Å². The maximum Gasteiger partial charge on any atom is 0.334 e. The molecule has 0 saturated carbocycles. The van der Waals surface area contributed by atoms with E-state index in [2.05, 4.69) is 0 Å². The molecule has 0 fully saturated rings. The predicted octanol–water partition coefficient (Wildman–Crippen LogP) is 2.61. The van der Waals surface area contributed by atoms with Crippen molar-refractivity contribution < 1.29 is 14.1 Å². The lowest BCUT2D eigenvalue weighted by atomic mass is 10.2. The van der Waals surface area contributed by atoms with Crippen molar-refractivity contribution in [2.45, 2.75) is 26.2 Å². The van der Waals surface area contributed by atoms with Crippen LogP contribution in [0.3, 0.4) is 0 Å². The lowest BCUT2D eigenvalue weighted by molar-refractivity contribution is -0.138. The molecule has 0 N–H and O–H groups in total. The van der Waals surface area contributed by atoms with E-state index in [-0.39, 0.29) is 5.97 Å². The molecule has 1 aliphatic rings. The van der Waals surface area contributed by atoms with Gasteiger partial charge in [-0.15, -0.1) is 0 Å².